The Balaban J connectivity index is 1.48. The van der Waals surface area contributed by atoms with Crippen molar-refractivity contribution < 1.29 is 9.53 Å². The highest BCUT2D eigenvalue weighted by Gasteiger charge is 2.10. The highest BCUT2D eigenvalue weighted by Crippen LogP contribution is 2.29. The summed E-state index contributed by atoms with van der Waals surface area (Å²) in [7, 11) is 0. The largest absolute Gasteiger partial charge is 0.493 e. The number of carbonyl (C=O) groups is 1. The molecule has 0 spiro atoms. The third kappa shape index (κ3) is 3.90. The molecule has 2 heterocycles. The topological polar surface area (TPSA) is 64.1 Å². The number of hydrogen-bond acceptors (Lipinski definition) is 6. The van der Waals surface area contributed by atoms with Gasteiger partial charge in [-0.05, 0) is 23.6 Å². The van der Waals surface area contributed by atoms with Crippen molar-refractivity contribution in [3.63, 3.8) is 0 Å². The van der Waals surface area contributed by atoms with Gasteiger partial charge in [0.25, 0.3) is 0 Å². The lowest BCUT2D eigenvalue weighted by molar-refractivity contribution is -0.116. The van der Waals surface area contributed by atoms with Gasteiger partial charge in [0.1, 0.15) is 5.75 Å². The van der Waals surface area contributed by atoms with Crippen molar-refractivity contribution in [2.24, 2.45) is 0 Å². The van der Waals surface area contributed by atoms with Gasteiger partial charge in [0.15, 0.2) is 5.01 Å². The first-order valence-corrected chi connectivity index (χ1v) is 8.36. The summed E-state index contributed by atoms with van der Waals surface area (Å²) in [6, 6.07) is 13.3. The Morgan fingerprint density at radius 2 is 2.00 bits per heavy atom. The van der Waals surface area contributed by atoms with Gasteiger partial charge in [-0.1, -0.05) is 35.6 Å². The monoisotopic (exact) mass is 331 g/mol. The minimum atomic E-state index is -0.134. The minimum Gasteiger partial charge on any atom is -0.493 e. The number of benzene rings is 1. The first-order chi connectivity index (χ1) is 10.8. The molecule has 0 fully saturated rings. The number of thiophene rings is 1. The summed E-state index contributed by atoms with van der Waals surface area (Å²) in [6.07, 6.45) is 0.267. The van der Waals surface area contributed by atoms with Crippen molar-refractivity contribution in [3.05, 3.63) is 47.8 Å². The fraction of sp³-hybridized carbons (Fsp3) is 0.133. The first kappa shape index (κ1) is 14.7. The number of aromatic nitrogens is 2. The zero-order valence-electron chi connectivity index (χ0n) is 11.6. The molecule has 5 nitrogen and oxygen atoms in total. The normalized spacial score (nSPS) is 10.4. The smallest absolute Gasteiger partial charge is 0.229 e. The van der Waals surface area contributed by atoms with Gasteiger partial charge in [-0.25, -0.2) is 0 Å². The van der Waals surface area contributed by atoms with Crippen LogP contribution in [0.2, 0.25) is 0 Å². The lowest BCUT2D eigenvalue weighted by Gasteiger charge is -2.05. The van der Waals surface area contributed by atoms with Crippen LogP contribution in [0.5, 0.6) is 5.75 Å². The molecule has 0 unspecified atom stereocenters. The molecule has 3 aromatic rings. The van der Waals surface area contributed by atoms with Crippen LogP contribution in [0.4, 0.5) is 5.13 Å². The molecule has 0 aliphatic carbocycles. The van der Waals surface area contributed by atoms with Crippen LogP contribution >= 0.6 is 22.7 Å². The molecule has 1 aromatic carbocycles. The van der Waals surface area contributed by atoms with E-state index in [2.05, 4.69) is 15.5 Å². The molecular weight excluding hydrogens is 318 g/mol. The molecule has 3 rings (SSSR count). The maximum absolute atomic E-state index is 11.8. The summed E-state index contributed by atoms with van der Waals surface area (Å²) < 4.78 is 5.49. The van der Waals surface area contributed by atoms with Gasteiger partial charge in [0, 0.05) is 0 Å². The zero-order valence-corrected chi connectivity index (χ0v) is 13.2. The SMILES string of the molecule is O=C(CCOc1ccccc1)Nc1nnc(-c2cccs2)s1. The van der Waals surface area contributed by atoms with Crippen molar-refractivity contribution in [2.45, 2.75) is 6.42 Å². The second kappa shape index (κ2) is 7.15. The summed E-state index contributed by atoms with van der Waals surface area (Å²) in [5, 5.41) is 14.1. The molecule has 1 amide bonds. The molecule has 2 aromatic heterocycles. The molecular formula is C15H13N3O2S2. The maximum atomic E-state index is 11.8. The lowest BCUT2D eigenvalue weighted by atomic mass is 10.3. The molecule has 0 bridgehead atoms. The van der Waals surface area contributed by atoms with Crippen LogP contribution < -0.4 is 10.1 Å². The number of rotatable bonds is 6. The average molecular weight is 331 g/mol. The van der Waals surface area contributed by atoms with E-state index in [1.54, 1.807) is 11.3 Å². The third-order valence-electron chi connectivity index (χ3n) is 2.74. The number of anilines is 1. The van der Waals surface area contributed by atoms with Crippen LogP contribution in [-0.4, -0.2) is 22.7 Å². The van der Waals surface area contributed by atoms with Crippen molar-refractivity contribution in [3.8, 4) is 15.6 Å². The Hall–Kier alpha value is -2.25. The van der Waals surface area contributed by atoms with Gasteiger partial charge in [-0.3, -0.25) is 4.79 Å². The molecule has 0 saturated carbocycles. The highest BCUT2D eigenvalue weighted by atomic mass is 32.1. The highest BCUT2D eigenvalue weighted by molar-refractivity contribution is 7.23. The number of para-hydroxylation sites is 1. The fourth-order valence-corrected chi connectivity index (χ4v) is 3.29. The van der Waals surface area contributed by atoms with Crippen LogP contribution in [0.1, 0.15) is 6.42 Å². The summed E-state index contributed by atoms with van der Waals surface area (Å²) >= 11 is 2.96. The zero-order chi connectivity index (χ0) is 15.2. The molecule has 22 heavy (non-hydrogen) atoms. The van der Waals surface area contributed by atoms with E-state index in [-0.39, 0.29) is 12.3 Å². The van der Waals surface area contributed by atoms with E-state index in [0.717, 1.165) is 15.6 Å². The molecule has 0 aliphatic heterocycles. The van der Waals surface area contributed by atoms with Gasteiger partial charge < -0.3 is 10.1 Å². The van der Waals surface area contributed by atoms with Crippen molar-refractivity contribution >= 4 is 33.7 Å². The third-order valence-corrected chi connectivity index (χ3v) is 4.62. The van der Waals surface area contributed by atoms with Gasteiger partial charge in [-0.15, -0.1) is 21.5 Å². The van der Waals surface area contributed by atoms with Crippen molar-refractivity contribution in [1.29, 1.82) is 0 Å². The quantitative estimate of drug-likeness (QED) is 0.748. The summed E-state index contributed by atoms with van der Waals surface area (Å²) in [5.41, 5.74) is 0. The molecule has 0 radical (unpaired) electrons. The Bertz CT molecular complexity index is 726. The van der Waals surface area contributed by atoms with Crippen LogP contribution in [0.25, 0.3) is 9.88 Å². The lowest BCUT2D eigenvalue weighted by Crippen LogP contribution is -2.15. The second-order valence-corrected chi connectivity index (χ2v) is 6.27. The average Bonchev–Trinajstić information content (AvgIpc) is 3.19. The van der Waals surface area contributed by atoms with Crippen LogP contribution in [0, 0.1) is 0 Å². The van der Waals surface area contributed by atoms with E-state index in [4.69, 9.17) is 4.74 Å². The molecule has 0 saturated heterocycles. The van der Waals surface area contributed by atoms with E-state index in [9.17, 15) is 4.79 Å². The van der Waals surface area contributed by atoms with Gasteiger partial charge >= 0.3 is 0 Å². The van der Waals surface area contributed by atoms with E-state index in [1.165, 1.54) is 11.3 Å². The number of amides is 1. The number of ether oxygens (including phenoxy) is 1. The van der Waals surface area contributed by atoms with E-state index < -0.39 is 0 Å². The number of hydrogen-bond donors (Lipinski definition) is 1. The standard InChI is InChI=1S/C15H13N3O2S2/c19-13(8-9-20-11-5-2-1-3-6-11)16-15-18-17-14(22-15)12-7-4-10-21-12/h1-7,10H,8-9H2,(H,16,18,19). The van der Waals surface area contributed by atoms with Crippen molar-refractivity contribution in [1.82, 2.24) is 10.2 Å². The predicted molar refractivity (Wildman–Crippen MR) is 88.4 cm³/mol. The molecule has 0 aliphatic rings. The maximum Gasteiger partial charge on any atom is 0.229 e. The molecule has 1 N–H and O–H groups in total. The number of carbonyl (C=O) groups excluding carboxylic acids is 1. The predicted octanol–water partition coefficient (Wildman–Crippen LogP) is 3.67. The Labute approximate surface area is 135 Å². The second-order valence-electron chi connectivity index (χ2n) is 4.35. The summed E-state index contributed by atoms with van der Waals surface area (Å²) in [4.78, 5) is 12.9. The Morgan fingerprint density at radius 1 is 1.14 bits per heavy atom. The number of nitrogens with one attached hydrogen (secondary N) is 1. The van der Waals surface area contributed by atoms with Crippen LogP contribution in [0.15, 0.2) is 47.8 Å². The number of nitrogens with zero attached hydrogens (tertiary/aromatic N) is 2. The van der Waals surface area contributed by atoms with Crippen molar-refractivity contribution in [2.75, 3.05) is 11.9 Å². The molecule has 112 valence electrons. The first-order valence-electron chi connectivity index (χ1n) is 6.66. The summed E-state index contributed by atoms with van der Waals surface area (Å²) in [5.74, 6) is 0.621. The van der Waals surface area contributed by atoms with E-state index in [1.807, 2.05) is 47.8 Å². The van der Waals surface area contributed by atoms with Gasteiger partial charge in [-0.2, -0.15) is 0 Å². The Morgan fingerprint density at radius 3 is 2.77 bits per heavy atom. The van der Waals surface area contributed by atoms with Crippen LogP contribution in [0.3, 0.4) is 0 Å². The minimum absolute atomic E-state index is 0.134. The summed E-state index contributed by atoms with van der Waals surface area (Å²) in [6.45, 7) is 0.326. The van der Waals surface area contributed by atoms with Gasteiger partial charge in [0.2, 0.25) is 11.0 Å². The molecule has 0 atom stereocenters. The van der Waals surface area contributed by atoms with Gasteiger partial charge in [0.05, 0.1) is 17.9 Å². The molecule has 7 heteroatoms. The fourth-order valence-electron chi connectivity index (χ4n) is 1.73. The van der Waals surface area contributed by atoms with Crippen LogP contribution in [-0.2, 0) is 4.79 Å². The van der Waals surface area contributed by atoms with E-state index >= 15 is 0 Å². The van der Waals surface area contributed by atoms with E-state index in [0.29, 0.717) is 11.7 Å². The Kier molecular flexibility index (Phi) is 4.77.